The number of carbonyl (C=O) groups is 1. The first-order chi connectivity index (χ1) is 7.65. The number of nitrogens with zero attached hydrogens (tertiary/aromatic N) is 1. The zero-order chi connectivity index (χ0) is 11.7. The van der Waals surface area contributed by atoms with Gasteiger partial charge in [0.05, 0.1) is 12.3 Å². The molecule has 1 unspecified atom stereocenters. The number of urea groups is 1. The van der Waals surface area contributed by atoms with Crippen molar-refractivity contribution in [1.29, 1.82) is 0 Å². The van der Waals surface area contributed by atoms with Gasteiger partial charge in [0, 0.05) is 13.0 Å². The van der Waals surface area contributed by atoms with E-state index in [9.17, 15) is 10.0 Å². The number of amides is 2. The fourth-order valence-corrected chi connectivity index (χ4v) is 2.06. The molecule has 1 aromatic heterocycles. The summed E-state index contributed by atoms with van der Waals surface area (Å²) in [5.74, 6) is 1.53. The summed E-state index contributed by atoms with van der Waals surface area (Å²) in [5, 5.41) is 12.8. The van der Waals surface area contributed by atoms with Gasteiger partial charge in [-0.3, -0.25) is 5.21 Å². The van der Waals surface area contributed by atoms with Gasteiger partial charge in [-0.1, -0.05) is 0 Å². The van der Waals surface area contributed by atoms with Crippen LogP contribution in [0.25, 0.3) is 0 Å². The first kappa shape index (κ1) is 11.0. The number of nitrogens with one attached hydrogen (secondary N) is 1. The van der Waals surface area contributed by atoms with Crippen molar-refractivity contribution in [2.45, 2.75) is 25.3 Å². The molecular formula is C11H16N2O3. The summed E-state index contributed by atoms with van der Waals surface area (Å²) in [6, 6.07) is 3.11. The average molecular weight is 224 g/mol. The maximum atomic E-state index is 11.2. The minimum Gasteiger partial charge on any atom is -0.469 e. The van der Waals surface area contributed by atoms with Crippen LogP contribution in [0.4, 0.5) is 4.79 Å². The summed E-state index contributed by atoms with van der Waals surface area (Å²) in [4.78, 5) is 11.2. The standard InChI is InChI=1S/C11H16N2O3/c1-7(13(15)11(14)12-2)8-6-9(8)10-4-3-5-16-10/h3-5,7-9,15H,6H2,1-2H3,(H,12,14)/t7?,8-,9+/m0/s1. The second-order valence-corrected chi connectivity index (χ2v) is 4.16. The maximum absolute atomic E-state index is 11.2. The molecule has 0 saturated heterocycles. The van der Waals surface area contributed by atoms with Gasteiger partial charge in [0.2, 0.25) is 0 Å². The third-order valence-corrected chi connectivity index (χ3v) is 3.18. The van der Waals surface area contributed by atoms with Gasteiger partial charge in [-0.2, -0.15) is 0 Å². The van der Waals surface area contributed by atoms with Gasteiger partial charge < -0.3 is 9.73 Å². The lowest BCUT2D eigenvalue weighted by atomic mass is 10.1. The van der Waals surface area contributed by atoms with E-state index in [0.29, 0.717) is 5.92 Å². The van der Waals surface area contributed by atoms with Gasteiger partial charge >= 0.3 is 6.03 Å². The zero-order valence-corrected chi connectivity index (χ0v) is 9.38. The molecule has 2 N–H and O–H groups in total. The van der Waals surface area contributed by atoms with E-state index in [1.165, 1.54) is 7.05 Å². The maximum Gasteiger partial charge on any atom is 0.341 e. The van der Waals surface area contributed by atoms with E-state index in [1.54, 1.807) is 6.26 Å². The van der Waals surface area contributed by atoms with Crippen LogP contribution in [-0.4, -0.2) is 29.4 Å². The normalized spacial score (nSPS) is 24.9. The Hall–Kier alpha value is -1.49. The Morgan fingerprint density at radius 2 is 2.50 bits per heavy atom. The Kier molecular flexibility index (Phi) is 2.87. The molecule has 3 atom stereocenters. The number of carbonyl (C=O) groups excluding carboxylic acids is 1. The first-order valence-corrected chi connectivity index (χ1v) is 5.38. The quantitative estimate of drug-likeness (QED) is 0.607. The molecule has 5 nitrogen and oxygen atoms in total. The Morgan fingerprint density at radius 1 is 1.75 bits per heavy atom. The molecule has 0 aliphatic heterocycles. The molecule has 1 aromatic rings. The second-order valence-electron chi connectivity index (χ2n) is 4.16. The van der Waals surface area contributed by atoms with E-state index >= 15 is 0 Å². The highest BCUT2D eigenvalue weighted by Crippen LogP contribution is 2.50. The van der Waals surface area contributed by atoms with Crippen molar-refractivity contribution >= 4 is 6.03 Å². The van der Waals surface area contributed by atoms with Crippen molar-refractivity contribution in [3.8, 4) is 0 Å². The molecule has 0 spiro atoms. The largest absolute Gasteiger partial charge is 0.469 e. The smallest absolute Gasteiger partial charge is 0.341 e. The molecule has 0 bridgehead atoms. The van der Waals surface area contributed by atoms with Crippen LogP contribution in [0.2, 0.25) is 0 Å². The van der Waals surface area contributed by atoms with Crippen molar-refractivity contribution in [2.24, 2.45) is 5.92 Å². The zero-order valence-electron chi connectivity index (χ0n) is 9.38. The lowest BCUT2D eigenvalue weighted by Crippen LogP contribution is -2.42. The number of furan rings is 1. The molecule has 5 heteroatoms. The molecule has 0 aromatic carbocycles. The summed E-state index contributed by atoms with van der Waals surface area (Å²) in [6.07, 6.45) is 2.59. The summed E-state index contributed by atoms with van der Waals surface area (Å²) in [5.41, 5.74) is 0. The van der Waals surface area contributed by atoms with Crippen LogP contribution < -0.4 is 5.32 Å². The number of hydroxylamine groups is 2. The van der Waals surface area contributed by atoms with Crippen LogP contribution in [0.1, 0.15) is 25.0 Å². The molecule has 1 heterocycles. The van der Waals surface area contributed by atoms with Gasteiger partial charge in [-0.15, -0.1) is 0 Å². The van der Waals surface area contributed by atoms with E-state index in [2.05, 4.69) is 5.32 Å². The fourth-order valence-electron chi connectivity index (χ4n) is 2.06. The number of hydrogen-bond acceptors (Lipinski definition) is 3. The predicted molar refractivity (Wildman–Crippen MR) is 57.1 cm³/mol. The molecule has 2 rings (SSSR count). The monoisotopic (exact) mass is 224 g/mol. The van der Waals surface area contributed by atoms with E-state index in [0.717, 1.165) is 17.2 Å². The molecule has 1 aliphatic carbocycles. The summed E-state index contributed by atoms with van der Waals surface area (Å²) in [7, 11) is 1.50. The van der Waals surface area contributed by atoms with Gasteiger partial charge in [-0.25, -0.2) is 9.86 Å². The SMILES string of the molecule is CNC(=O)N(O)C(C)[C@@H]1C[C@H]1c1ccco1. The van der Waals surface area contributed by atoms with E-state index in [-0.39, 0.29) is 12.0 Å². The summed E-state index contributed by atoms with van der Waals surface area (Å²) < 4.78 is 5.30. The summed E-state index contributed by atoms with van der Waals surface area (Å²) in [6.45, 7) is 1.84. The lowest BCUT2D eigenvalue weighted by Gasteiger charge is -2.21. The van der Waals surface area contributed by atoms with Crippen molar-refractivity contribution in [2.75, 3.05) is 7.05 Å². The fraction of sp³-hybridized carbons (Fsp3) is 0.545. The highest BCUT2D eigenvalue weighted by molar-refractivity contribution is 5.72. The van der Waals surface area contributed by atoms with Crippen LogP contribution in [0, 0.1) is 5.92 Å². The molecule has 1 saturated carbocycles. The predicted octanol–water partition coefficient (Wildman–Crippen LogP) is 1.80. The third-order valence-electron chi connectivity index (χ3n) is 3.18. The summed E-state index contributed by atoms with van der Waals surface area (Å²) >= 11 is 0. The molecule has 16 heavy (non-hydrogen) atoms. The van der Waals surface area contributed by atoms with Crippen LogP contribution in [0.15, 0.2) is 22.8 Å². The Balaban J connectivity index is 1.94. The number of rotatable bonds is 3. The van der Waals surface area contributed by atoms with Crippen LogP contribution in [0.5, 0.6) is 0 Å². The van der Waals surface area contributed by atoms with Gasteiger partial charge in [0.15, 0.2) is 0 Å². The molecule has 1 fully saturated rings. The lowest BCUT2D eigenvalue weighted by molar-refractivity contribution is -0.0788. The minimum atomic E-state index is -0.474. The highest BCUT2D eigenvalue weighted by atomic mass is 16.5. The number of hydrogen-bond donors (Lipinski definition) is 2. The molecule has 88 valence electrons. The molecule has 2 amide bonds. The van der Waals surface area contributed by atoms with Crippen molar-refractivity contribution in [3.05, 3.63) is 24.2 Å². The van der Waals surface area contributed by atoms with Gasteiger partial charge in [-0.05, 0) is 31.4 Å². The topological polar surface area (TPSA) is 65.7 Å². The molecular weight excluding hydrogens is 208 g/mol. The Bertz CT molecular complexity index is 363. The molecule has 0 radical (unpaired) electrons. The average Bonchev–Trinajstić information content (AvgIpc) is 2.92. The second kappa shape index (κ2) is 4.17. The minimum absolute atomic E-state index is 0.199. The third kappa shape index (κ3) is 1.90. The Labute approximate surface area is 94.0 Å². The van der Waals surface area contributed by atoms with E-state index in [1.807, 2.05) is 19.1 Å². The van der Waals surface area contributed by atoms with E-state index < -0.39 is 6.03 Å². The first-order valence-electron chi connectivity index (χ1n) is 5.38. The highest BCUT2D eigenvalue weighted by Gasteiger charge is 2.46. The van der Waals surface area contributed by atoms with Crippen LogP contribution >= 0.6 is 0 Å². The van der Waals surface area contributed by atoms with Crippen LogP contribution in [0.3, 0.4) is 0 Å². The van der Waals surface area contributed by atoms with Crippen molar-refractivity contribution in [3.63, 3.8) is 0 Å². The molecule has 1 aliphatic rings. The van der Waals surface area contributed by atoms with Crippen LogP contribution in [-0.2, 0) is 0 Å². The van der Waals surface area contributed by atoms with E-state index in [4.69, 9.17) is 4.42 Å². The van der Waals surface area contributed by atoms with Gasteiger partial charge in [0.1, 0.15) is 5.76 Å². The van der Waals surface area contributed by atoms with Crippen molar-refractivity contribution in [1.82, 2.24) is 10.4 Å². The van der Waals surface area contributed by atoms with Crippen molar-refractivity contribution < 1.29 is 14.4 Å². The Morgan fingerprint density at radius 3 is 3.06 bits per heavy atom. The van der Waals surface area contributed by atoms with Gasteiger partial charge in [0.25, 0.3) is 0 Å².